The summed E-state index contributed by atoms with van der Waals surface area (Å²) in [5.41, 5.74) is 1.34. The third kappa shape index (κ3) is 3.50. The minimum atomic E-state index is 0.653. The van der Waals surface area contributed by atoms with Crippen LogP contribution in [-0.4, -0.2) is 22.9 Å². The van der Waals surface area contributed by atoms with E-state index >= 15 is 0 Å². The van der Waals surface area contributed by atoms with Crippen molar-refractivity contribution in [3.63, 3.8) is 0 Å². The van der Waals surface area contributed by atoms with Gasteiger partial charge in [-0.3, -0.25) is 4.68 Å². The van der Waals surface area contributed by atoms with E-state index in [2.05, 4.69) is 23.5 Å². The zero-order chi connectivity index (χ0) is 10.4. The van der Waals surface area contributed by atoms with Crippen LogP contribution in [0.25, 0.3) is 0 Å². The molecule has 0 fully saturated rings. The predicted molar refractivity (Wildman–Crippen MR) is 59.3 cm³/mol. The lowest BCUT2D eigenvalue weighted by molar-refractivity contribution is 0.484. The molecule has 1 heterocycles. The SMILES string of the molecule is CCCC(CCc1cnn(C)c1)NC. The second-order valence-electron chi connectivity index (χ2n) is 3.84. The van der Waals surface area contributed by atoms with Gasteiger partial charge in [0.05, 0.1) is 6.20 Å². The Bertz CT molecular complexity index is 255. The zero-order valence-corrected chi connectivity index (χ0v) is 9.45. The van der Waals surface area contributed by atoms with E-state index in [4.69, 9.17) is 0 Å². The normalized spacial score (nSPS) is 13.1. The van der Waals surface area contributed by atoms with Crippen LogP contribution in [0.4, 0.5) is 0 Å². The van der Waals surface area contributed by atoms with Gasteiger partial charge in [-0.05, 0) is 31.9 Å². The first-order valence-electron chi connectivity index (χ1n) is 5.41. The van der Waals surface area contributed by atoms with Gasteiger partial charge in [0.2, 0.25) is 0 Å². The molecule has 0 aliphatic rings. The van der Waals surface area contributed by atoms with Crippen molar-refractivity contribution in [3.05, 3.63) is 18.0 Å². The van der Waals surface area contributed by atoms with Gasteiger partial charge in [0.15, 0.2) is 0 Å². The number of hydrogen-bond acceptors (Lipinski definition) is 2. The van der Waals surface area contributed by atoms with Crippen LogP contribution in [0, 0.1) is 0 Å². The molecular weight excluding hydrogens is 174 g/mol. The van der Waals surface area contributed by atoms with E-state index in [1.54, 1.807) is 0 Å². The molecule has 0 amide bonds. The molecule has 1 N–H and O–H groups in total. The fourth-order valence-corrected chi connectivity index (χ4v) is 1.72. The van der Waals surface area contributed by atoms with Gasteiger partial charge in [-0.25, -0.2) is 0 Å². The van der Waals surface area contributed by atoms with Crippen LogP contribution in [0.5, 0.6) is 0 Å². The second kappa shape index (κ2) is 5.81. The molecule has 3 nitrogen and oxygen atoms in total. The number of nitrogens with zero attached hydrogens (tertiary/aromatic N) is 2. The molecule has 1 aromatic heterocycles. The van der Waals surface area contributed by atoms with Crippen LogP contribution in [-0.2, 0) is 13.5 Å². The highest BCUT2D eigenvalue weighted by Crippen LogP contribution is 2.07. The molecule has 0 saturated carbocycles. The number of hydrogen-bond donors (Lipinski definition) is 1. The lowest BCUT2D eigenvalue weighted by atomic mass is 10.0. The first-order valence-corrected chi connectivity index (χ1v) is 5.41. The summed E-state index contributed by atoms with van der Waals surface area (Å²) in [6.45, 7) is 2.23. The number of nitrogens with one attached hydrogen (secondary N) is 1. The summed E-state index contributed by atoms with van der Waals surface area (Å²) in [7, 11) is 4.01. The van der Waals surface area contributed by atoms with Crippen molar-refractivity contribution in [3.8, 4) is 0 Å². The lowest BCUT2D eigenvalue weighted by Gasteiger charge is -2.13. The maximum atomic E-state index is 4.16. The summed E-state index contributed by atoms with van der Waals surface area (Å²) in [5.74, 6) is 0. The first kappa shape index (κ1) is 11.2. The average Bonchev–Trinajstić information content (AvgIpc) is 2.59. The van der Waals surface area contributed by atoms with E-state index < -0.39 is 0 Å². The molecule has 0 radical (unpaired) electrons. The molecule has 0 spiro atoms. The minimum Gasteiger partial charge on any atom is -0.317 e. The first-order chi connectivity index (χ1) is 6.76. The summed E-state index contributed by atoms with van der Waals surface area (Å²) in [6.07, 6.45) is 8.89. The fraction of sp³-hybridized carbons (Fsp3) is 0.727. The molecular formula is C11H21N3. The van der Waals surface area contributed by atoms with E-state index in [0.717, 1.165) is 6.42 Å². The largest absolute Gasteiger partial charge is 0.317 e. The molecule has 0 saturated heterocycles. The molecule has 0 aliphatic heterocycles. The van der Waals surface area contributed by atoms with Crippen LogP contribution in [0.3, 0.4) is 0 Å². The van der Waals surface area contributed by atoms with Gasteiger partial charge in [0.1, 0.15) is 0 Å². The van der Waals surface area contributed by atoms with Crippen molar-refractivity contribution in [1.82, 2.24) is 15.1 Å². The van der Waals surface area contributed by atoms with Crippen LogP contribution < -0.4 is 5.32 Å². The predicted octanol–water partition coefficient (Wildman–Crippen LogP) is 1.74. The van der Waals surface area contributed by atoms with E-state index in [1.165, 1.54) is 24.8 Å². The molecule has 14 heavy (non-hydrogen) atoms. The van der Waals surface area contributed by atoms with Gasteiger partial charge in [-0.15, -0.1) is 0 Å². The quantitative estimate of drug-likeness (QED) is 0.749. The van der Waals surface area contributed by atoms with Gasteiger partial charge in [-0.2, -0.15) is 5.10 Å². The Balaban J connectivity index is 2.31. The fourth-order valence-electron chi connectivity index (χ4n) is 1.72. The Labute approximate surface area is 86.5 Å². The van der Waals surface area contributed by atoms with Crippen LogP contribution >= 0.6 is 0 Å². The smallest absolute Gasteiger partial charge is 0.0521 e. The van der Waals surface area contributed by atoms with Crippen molar-refractivity contribution in [1.29, 1.82) is 0 Å². The van der Waals surface area contributed by atoms with Crippen LogP contribution in [0.1, 0.15) is 31.7 Å². The number of aromatic nitrogens is 2. The molecule has 0 aliphatic carbocycles. The summed E-state index contributed by atoms with van der Waals surface area (Å²) in [5, 5.41) is 7.52. The molecule has 1 unspecified atom stereocenters. The highest BCUT2D eigenvalue weighted by molar-refractivity contribution is 5.03. The summed E-state index contributed by atoms with van der Waals surface area (Å²) < 4.78 is 1.86. The van der Waals surface area contributed by atoms with Gasteiger partial charge in [0.25, 0.3) is 0 Å². The number of rotatable bonds is 6. The van der Waals surface area contributed by atoms with Gasteiger partial charge in [0, 0.05) is 19.3 Å². The lowest BCUT2D eigenvalue weighted by Crippen LogP contribution is -2.25. The Morgan fingerprint density at radius 3 is 2.79 bits per heavy atom. The summed E-state index contributed by atoms with van der Waals surface area (Å²) in [6, 6.07) is 0.653. The van der Waals surface area contributed by atoms with E-state index in [9.17, 15) is 0 Å². The van der Waals surface area contributed by atoms with Crippen molar-refractivity contribution < 1.29 is 0 Å². The topological polar surface area (TPSA) is 29.9 Å². The molecule has 0 bridgehead atoms. The Morgan fingerprint density at radius 1 is 1.50 bits per heavy atom. The Morgan fingerprint density at radius 2 is 2.29 bits per heavy atom. The van der Waals surface area contributed by atoms with Crippen molar-refractivity contribution >= 4 is 0 Å². The van der Waals surface area contributed by atoms with E-state index in [0.29, 0.717) is 6.04 Å². The standard InChI is InChI=1S/C11H21N3/c1-4-5-11(12-2)7-6-10-8-13-14(3)9-10/h8-9,11-12H,4-7H2,1-3H3. The average molecular weight is 195 g/mol. The van der Waals surface area contributed by atoms with Crippen LogP contribution in [0.15, 0.2) is 12.4 Å². The molecule has 3 heteroatoms. The molecule has 80 valence electrons. The highest BCUT2D eigenvalue weighted by Gasteiger charge is 2.05. The molecule has 1 aromatic rings. The minimum absolute atomic E-state index is 0.653. The summed E-state index contributed by atoms with van der Waals surface area (Å²) >= 11 is 0. The van der Waals surface area contributed by atoms with Crippen LogP contribution in [0.2, 0.25) is 0 Å². The Kier molecular flexibility index (Phi) is 4.66. The van der Waals surface area contributed by atoms with Gasteiger partial charge >= 0.3 is 0 Å². The van der Waals surface area contributed by atoms with E-state index in [-0.39, 0.29) is 0 Å². The third-order valence-corrected chi connectivity index (χ3v) is 2.59. The monoisotopic (exact) mass is 195 g/mol. The summed E-state index contributed by atoms with van der Waals surface area (Å²) in [4.78, 5) is 0. The molecule has 1 rings (SSSR count). The van der Waals surface area contributed by atoms with Gasteiger partial charge < -0.3 is 5.32 Å². The maximum absolute atomic E-state index is 4.16. The highest BCUT2D eigenvalue weighted by atomic mass is 15.2. The molecule has 0 aromatic carbocycles. The van der Waals surface area contributed by atoms with Gasteiger partial charge in [-0.1, -0.05) is 13.3 Å². The number of aryl methyl sites for hydroxylation is 2. The zero-order valence-electron chi connectivity index (χ0n) is 9.45. The van der Waals surface area contributed by atoms with Crippen molar-refractivity contribution in [2.24, 2.45) is 7.05 Å². The maximum Gasteiger partial charge on any atom is 0.0521 e. The molecule has 1 atom stereocenters. The Hall–Kier alpha value is -0.830. The second-order valence-corrected chi connectivity index (χ2v) is 3.84. The van der Waals surface area contributed by atoms with Crippen molar-refractivity contribution in [2.75, 3.05) is 7.05 Å². The third-order valence-electron chi connectivity index (χ3n) is 2.59. The van der Waals surface area contributed by atoms with Crippen molar-refractivity contribution in [2.45, 2.75) is 38.6 Å². The van der Waals surface area contributed by atoms with E-state index in [1.807, 2.05) is 25.0 Å².